The summed E-state index contributed by atoms with van der Waals surface area (Å²) in [4.78, 5) is 29.9. The number of rotatable bonds is 7. The van der Waals surface area contributed by atoms with E-state index < -0.39 is 5.92 Å². The summed E-state index contributed by atoms with van der Waals surface area (Å²) in [5.74, 6) is -0.945. The summed E-state index contributed by atoms with van der Waals surface area (Å²) in [6.07, 6.45) is 3.42. The zero-order chi connectivity index (χ0) is 17.4. The molecule has 0 saturated heterocycles. The van der Waals surface area contributed by atoms with Crippen LogP contribution in [0.2, 0.25) is 0 Å². The van der Waals surface area contributed by atoms with Crippen molar-refractivity contribution in [2.24, 2.45) is 0 Å². The molecule has 0 aliphatic rings. The molecule has 1 amide bonds. The van der Waals surface area contributed by atoms with Gasteiger partial charge in [-0.25, -0.2) is 0 Å². The van der Waals surface area contributed by atoms with E-state index in [-0.39, 0.29) is 18.5 Å². The first-order valence-corrected chi connectivity index (χ1v) is 7.97. The number of ether oxygens (including phenoxy) is 1. The average molecular weight is 326 g/mol. The van der Waals surface area contributed by atoms with Crippen LogP contribution >= 0.6 is 0 Å². The molecule has 2 rings (SSSR count). The predicted octanol–water partition coefficient (Wildman–Crippen LogP) is 2.78. The lowest BCUT2D eigenvalue weighted by Crippen LogP contribution is -2.36. The molecule has 5 heteroatoms. The molecule has 0 N–H and O–H groups in total. The molecule has 0 fully saturated rings. The minimum Gasteiger partial charge on any atom is -0.465 e. The second-order valence-corrected chi connectivity index (χ2v) is 5.47. The van der Waals surface area contributed by atoms with Crippen LogP contribution in [0.25, 0.3) is 0 Å². The molecule has 1 aromatic heterocycles. The summed E-state index contributed by atoms with van der Waals surface area (Å²) >= 11 is 0. The van der Waals surface area contributed by atoms with Crippen molar-refractivity contribution in [1.82, 2.24) is 9.88 Å². The highest BCUT2D eigenvalue weighted by Gasteiger charge is 2.26. The van der Waals surface area contributed by atoms with E-state index in [4.69, 9.17) is 4.74 Å². The molecular formula is C19H22N2O3. The lowest BCUT2D eigenvalue weighted by molar-refractivity contribution is -0.144. The number of esters is 1. The van der Waals surface area contributed by atoms with Crippen molar-refractivity contribution < 1.29 is 14.3 Å². The summed E-state index contributed by atoms with van der Waals surface area (Å²) in [5.41, 5.74) is 1.86. The molecule has 5 nitrogen and oxygen atoms in total. The smallest absolute Gasteiger partial charge is 0.302 e. The third-order valence-corrected chi connectivity index (χ3v) is 3.77. The van der Waals surface area contributed by atoms with E-state index in [0.717, 1.165) is 11.1 Å². The Hall–Kier alpha value is -2.69. The molecule has 126 valence electrons. The standard InChI is InChI=1S/C19H22N2O3/c1-3-21(13-16-9-11-20-12-10-16)19(23)18(14-24-15(2)22)17-7-5-4-6-8-17/h4-12,18H,3,13-14H2,1-2H3/t18-/m0/s1. The number of hydrogen-bond donors (Lipinski definition) is 0. The third kappa shape index (κ3) is 4.91. The van der Waals surface area contributed by atoms with Gasteiger partial charge in [0.2, 0.25) is 5.91 Å². The molecule has 0 aliphatic heterocycles. The number of carbonyl (C=O) groups excluding carboxylic acids is 2. The van der Waals surface area contributed by atoms with Gasteiger partial charge in [-0.05, 0) is 30.2 Å². The monoisotopic (exact) mass is 326 g/mol. The molecular weight excluding hydrogens is 304 g/mol. The summed E-state index contributed by atoms with van der Waals surface area (Å²) in [6, 6.07) is 13.2. The van der Waals surface area contributed by atoms with Crippen LogP contribution in [0.4, 0.5) is 0 Å². The molecule has 0 spiro atoms. The molecule has 0 radical (unpaired) electrons. The van der Waals surface area contributed by atoms with E-state index in [1.807, 2.05) is 49.4 Å². The van der Waals surface area contributed by atoms with Crippen LogP contribution in [-0.4, -0.2) is 34.9 Å². The Morgan fingerprint density at radius 3 is 2.38 bits per heavy atom. The maximum Gasteiger partial charge on any atom is 0.302 e. The van der Waals surface area contributed by atoms with Crippen LogP contribution in [0.3, 0.4) is 0 Å². The Labute approximate surface area is 142 Å². The summed E-state index contributed by atoms with van der Waals surface area (Å²) in [6.45, 7) is 4.41. The van der Waals surface area contributed by atoms with Crippen molar-refractivity contribution in [1.29, 1.82) is 0 Å². The average Bonchev–Trinajstić information content (AvgIpc) is 2.61. The van der Waals surface area contributed by atoms with Crippen molar-refractivity contribution in [3.05, 3.63) is 66.0 Å². The van der Waals surface area contributed by atoms with Gasteiger partial charge in [0.15, 0.2) is 0 Å². The Morgan fingerprint density at radius 1 is 1.12 bits per heavy atom. The molecule has 2 aromatic rings. The fourth-order valence-electron chi connectivity index (χ4n) is 2.47. The number of benzene rings is 1. The first-order chi connectivity index (χ1) is 11.6. The number of pyridine rings is 1. The zero-order valence-corrected chi connectivity index (χ0v) is 14.0. The number of amides is 1. The molecule has 0 saturated carbocycles. The Kier molecular flexibility index (Phi) is 6.49. The second kappa shape index (κ2) is 8.82. The van der Waals surface area contributed by atoms with Gasteiger partial charge < -0.3 is 9.64 Å². The summed E-state index contributed by atoms with van der Waals surface area (Å²) in [5, 5.41) is 0. The fourth-order valence-corrected chi connectivity index (χ4v) is 2.47. The van der Waals surface area contributed by atoms with E-state index >= 15 is 0 Å². The highest BCUT2D eigenvalue weighted by Crippen LogP contribution is 2.20. The van der Waals surface area contributed by atoms with E-state index in [1.165, 1.54) is 6.92 Å². The minimum atomic E-state index is -0.503. The van der Waals surface area contributed by atoms with Gasteiger partial charge in [-0.15, -0.1) is 0 Å². The quantitative estimate of drug-likeness (QED) is 0.734. The largest absolute Gasteiger partial charge is 0.465 e. The molecule has 1 atom stereocenters. The van der Waals surface area contributed by atoms with Crippen molar-refractivity contribution in [3.63, 3.8) is 0 Å². The lowest BCUT2D eigenvalue weighted by Gasteiger charge is -2.26. The van der Waals surface area contributed by atoms with Gasteiger partial charge in [0.1, 0.15) is 6.61 Å². The van der Waals surface area contributed by atoms with Gasteiger partial charge in [-0.2, -0.15) is 0 Å². The van der Waals surface area contributed by atoms with Crippen molar-refractivity contribution in [2.75, 3.05) is 13.2 Å². The fraction of sp³-hybridized carbons (Fsp3) is 0.316. The zero-order valence-electron chi connectivity index (χ0n) is 14.0. The minimum absolute atomic E-state index is 0.0467. The molecule has 0 bridgehead atoms. The van der Waals surface area contributed by atoms with Crippen molar-refractivity contribution >= 4 is 11.9 Å². The number of nitrogens with zero attached hydrogens (tertiary/aromatic N) is 2. The molecule has 1 aromatic carbocycles. The second-order valence-electron chi connectivity index (χ2n) is 5.47. The highest BCUT2D eigenvalue weighted by molar-refractivity contribution is 5.84. The Balaban J connectivity index is 2.19. The van der Waals surface area contributed by atoms with Crippen LogP contribution < -0.4 is 0 Å². The van der Waals surface area contributed by atoms with Crippen molar-refractivity contribution in [3.8, 4) is 0 Å². The van der Waals surface area contributed by atoms with Crippen LogP contribution in [0.1, 0.15) is 30.9 Å². The molecule has 0 aliphatic carbocycles. The SMILES string of the molecule is CCN(Cc1ccncc1)C(=O)[C@@H](COC(C)=O)c1ccccc1. The van der Waals surface area contributed by atoms with Gasteiger partial charge in [-0.3, -0.25) is 14.6 Å². The predicted molar refractivity (Wildman–Crippen MR) is 91.1 cm³/mol. The first kappa shape index (κ1) is 17.7. The number of aromatic nitrogens is 1. The van der Waals surface area contributed by atoms with E-state index in [0.29, 0.717) is 13.1 Å². The molecule has 1 heterocycles. The normalized spacial score (nSPS) is 11.6. The first-order valence-electron chi connectivity index (χ1n) is 7.97. The van der Waals surface area contributed by atoms with Crippen LogP contribution in [0.15, 0.2) is 54.9 Å². The van der Waals surface area contributed by atoms with Crippen molar-refractivity contribution in [2.45, 2.75) is 26.3 Å². The van der Waals surface area contributed by atoms with Crippen LogP contribution in [0.5, 0.6) is 0 Å². The van der Waals surface area contributed by atoms with Crippen LogP contribution in [0, 0.1) is 0 Å². The number of carbonyl (C=O) groups is 2. The maximum atomic E-state index is 13.0. The molecule has 0 unspecified atom stereocenters. The van der Waals surface area contributed by atoms with Gasteiger partial charge in [0.25, 0.3) is 0 Å². The molecule has 24 heavy (non-hydrogen) atoms. The Bertz CT molecular complexity index is 659. The number of likely N-dealkylation sites (N-methyl/N-ethyl adjacent to an activating group) is 1. The summed E-state index contributed by atoms with van der Waals surface area (Å²) < 4.78 is 5.13. The summed E-state index contributed by atoms with van der Waals surface area (Å²) in [7, 11) is 0. The number of hydrogen-bond acceptors (Lipinski definition) is 4. The van der Waals surface area contributed by atoms with Gasteiger partial charge in [0, 0.05) is 32.4 Å². The topological polar surface area (TPSA) is 59.5 Å². The van der Waals surface area contributed by atoms with Gasteiger partial charge >= 0.3 is 5.97 Å². The third-order valence-electron chi connectivity index (χ3n) is 3.77. The van der Waals surface area contributed by atoms with Gasteiger partial charge in [-0.1, -0.05) is 30.3 Å². The van der Waals surface area contributed by atoms with E-state index in [2.05, 4.69) is 4.98 Å². The van der Waals surface area contributed by atoms with Crippen LogP contribution in [-0.2, 0) is 20.9 Å². The Morgan fingerprint density at radius 2 is 1.79 bits per heavy atom. The van der Waals surface area contributed by atoms with E-state index in [9.17, 15) is 9.59 Å². The lowest BCUT2D eigenvalue weighted by atomic mass is 9.98. The maximum absolute atomic E-state index is 13.0. The van der Waals surface area contributed by atoms with E-state index in [1.54, 1.807) is 17.3 Å². The van der Waals surface area contributed by atoms with Gasteiger partial charge in [0.05, 0.1) is 5.92 Å². The highest BCUT2D eigenvalue weighted by atomic mass is 16.5.